The van der Waals surface area contributed by atoms with Gasteiger partial charge in [-0.15, -0.1) is 0 Å². The van der Waals surface area contributed by atoms with Gasteiger partial charge in [-0.05, 0) is 18.9 Å². The number of rotatable bonds is 2. The Kier molecular flexibility index (Phi) is 3.00. The van der Waals surface area contributed by atoms with E-state index in [1.54, 1.807) is 0 Å². The van der Waals surface area contributed by atoms with Gasteiger partial charge in [-0.1, -0.05) is 42.0 Å². The van der Waals surface area contributed by atoms with E-state index in [0.717, 1.165) is 31.6 Å². The molecule has 0 spiro atoms. The van der Waals surface area contributed by atoms with Crippen molar-refractivity contribution in [2.24, 2.45) is 0 Å². The summed E-state index contributed by atoms with van der Waals surface area (Å²) in [6, 6.07) is 10.6. The normalized spacial score (nSPS) is 17.9. The Morgan fingerprint density at radius 1 is 1.21 bits per heavy atom. The summed E-state index contributed by atoms with van der Waals surface area (Å²) in [5.74, 6) is 0. The summed E-state index contributed by atoms with van der Waals surface area (Å²) in [6.45, 7) is 8.82. The molecule has 0 unspecified atom stereocenters. The van der Waals surface area contributed by atoms with Crippen molar-refractivity contribution in [3.63, 3.8) is 0 Å². The van der Waals surface area contributed by atoms with E-state index < -0.39 is 0 Å². The fourth-order valence-electron chi connectivity index (χ4n) is 1.71. The van der Waals surface area contributed by atoms with Crippen molar-refractivity contribution in [2.75, 3.05) is 13.1 Å². The lowest BCUT2D eigenvalue weighted by Crippen LogP contribution is -2.27. The van der Waals surface area contributed by atoms with E-state index in [0.29, 0.717) is 0 Å². The van der Waals surface area contributed by atoms with Crippen LogP contribution in [0.2, 0.25) is 0 Å². The Labute approximate surface area is 86.1 Å². The molecule has 0 atom stereocenters. The maximum atomic E-state index is 5.72. The molecule has 0 fully saturated rings. The molecule has 0 saturated heterocycles. The highest BCUT2D eigenvalue weighted by Crippen LogP contribution is 2.12. The Bertz CT molecular complexity index is 313. The second-order valence-electron chi connectivity index (χ2n) is 3.75. The average molecular weight is 185 g/mol. The number of hydrogen-bond donors (Lipinski definition) is 0. The third kappa shape index (κ3) is 2.46. The molecule has 14 heavy (non-hydrogen) atoms. The van der Waals surface area contributed by atoms with Gasteiger partial charge in [-0.3, -0.25) is 4.90 Å². The number of benzene rings is 1. The van der Waals surface area contributed by atoms with Crippen LogP contribution < -0.4 is 0 Å². The fourth-order valence-corrected chi connectivity index (χ4v) is 1.71. The Balaban J connectivity index is 1.93. The molecule has 72 valence electrons. The summed E-state index contributed by atoms with van der Waals surface area (Å²) in [4.78, 5) is 2.41. The smallest absolute Gasteiger partial charge is 0.0237 e. The van der Waals surface area contributed by atoms with Gasteiger partial charge in [0.2, 0.25) is 0 Å². The zero-order valence-corrected chi connectivity index (χ0v) is 8.32. The van der Waals surface area contributed by atoms with E-state index in [9.17, 15) is 0 Å². The molecule has 1 aromatic carbocycles. The van der Waals surface area contributed by atoms with E-state index in [4.69, 9.17) is 6.92 Å². The zero-order valence-electron chi connectivity index (χ0n) is 8.32. The van der Waals surface area contributed by atoms with E-state index >= 15 is 0 Å². The third-order valence-electron chi connectivity index (χ3n) is 2.58. The van der Waals surface area contributed by atoms with Crippen LogP contribution in [0, 0.1) is 6.92 Å². The second-order valence-corrected chi connectivity index (χ2v) is 3.75. The molecule has 0 amide bonds. The van der Waals surface area contributed by atoms with Gasteiger partial charge < -0.3 is 0 Å². The van der Waals surface area contributed by atoms with Gasteiger partial charge in [0.25, 0.3) is 0 Å². The van der Waals surface area contributed by atoms with E-state index in [1.807, 2.05) is 0 Å². The first kappa shape index (κ1) is 9.47. The van der Waals surface area contributed by atoms with E-state index in [1.165, 1.54) is 5.56 Å². The highest BCUT2D eigenvalue weighted by Gasteiger charge is 2.08. The van der Waals surface area contributed by atoms with Crippen LogP contribution in [0.5, 0.6) is 0 Å². The van der Waals surface area contributed by atoms with Crippen molar-refractivity contribution in [3.05, 3.63) is 54.5 Å². The van der Waals surface area contributed by atoms with Gasteiger partial charge in [-0.2, -0.15) is 0 Å². The van der Waals surface area contributed by atoms with E-state index in [-0.39, 0.29) is 0 Å². The van der Waals surface area contributed by atoms with Crippen LogP contribution in [0.15, 0.2) is 42.0 Å². The standard InChI is InChI=1S/C13H15N/c1-12-7-9-14(10-8-12)11-13-5-3-2-4-6-13/h1-7H,8-11H2. The molecule has 0 bridgehead atoms. The van der Waals surface area contributed by atoms with Gasteiger partial charge in [0.15, 0.2) is 0 Å². The maximum Gasteiger partial charge on any atom is 0.0237 e. The van der Waals surface area contributed by atoms with Gasteiger partial charge in [0.05, 0.1) is 0 Å². The largest absolute Gasteiger partial charge is 0.295 e. The highest BCUT2D eigenvalue weighted by atomic mass is 15.1. The first-order valence-electron chi connectivity index (χ1n) is 5.05. The lowest BCUT2D eigenvalue weighted by atomic mass is 10.1. The van der Waals surface area contributed by atoms with Gasteiger partial charge >= 0.3 is 0 Å². The summed E-state index contributed by atoms with van der Waals surface area (Å²) in [5, 5.41) is 0. The summed E-state index contributed by atoms with van der Waals surface area (Å²) in [6.07, 6.45) is 3.12. The molecule has 1 aliphatic heterocycles. The summed E-state index contributed by atoms with van der Waals surface area (Å²) >= 11 is 0. The van der Waals surface area contributed by atoms with Crippen molar-refractivity contribution in [1.29, 1.82) is 0 Å². The zero-order chi connectivity index (χ0) is 9.80. The van der Waals surface area contributed by atoms with Crippen LogP contribution in [-0.4, -0.2) is 18.0 Å². The minimum atomic E-state index is 0.987. The first-order valence-corrected chi connectivity index (χ1v) is 5.05. The molecule has 1 aliphatic rings. The minimum absolute atomic E-state index is 0.987. The van der Waals surface area contributed by atoms with Gasteiger partial charge in [-0.25, -0.2) is 0 Å². The lowest BCUT2D eigenvalue weighted by molar-refractivity contribution is 0.287. The molecular weight excluding hydrogens is 170 g/mol. The molecule has 2 radical (unpaired) electrons. The Hall–Kier alpha value is -1.08. The van der Waals surface area contributed by atoms with Gasteiger partial charge in [0.1, 0.15) is 0 Å². The topological polar surface area (TPSA) is 3.24 Å². The molecule has 0 saturated carbocycles. The second kappa shape index (κ2) is 4.43. The van der Waals surface area contributed by atoms with Crippen molar-refractivity contribution < 1.29 is 0 Å². The molecule has 0 N–H and O–H groups in total. The molecule has 1 heteroatoms. The first-order chi connectivity index (χ1) is 6.84. The summed E-state index contributed by atoms with van der Waals surface area (Å²) < 4.78 is 0. The van der Waals surface area contributed by atoms with Crippen LogP contribution in [0.3, 0.4) is 0 Å². The molecule has 0 aliphatic carbocycles. The van der Waals surface area contributed by atoms with Crippen LogP contribution >= 0.6 is 0 Å². The van der Waals surface area contributed by atoms with Crippen LogP contribution in [0.25, 0.3) is 0 Å². The van der Waals surface area contributed by atoms with Crippen LogP contribution in [0.4, 0.5) is 0 Å². The van der Waals surface area contributed by atoms with Crippen molar-refractivity contribution in [2.45, 2.75) is 13.0 Å². The Morgan fingerprint density at radius 2 is 2.00 bits per heavy atom. The third-order valence-corrected chi connectivity index (χ3v) is 2.58. The molecule has 1 aromatic rings. The molecule has 1 nitrogen and oxygen atoms in total. The molecule has 1 heterocycles. The molecule has 2 rings (SSSR count). The quantitative estimate of drug-likeness (QED) is 0.684. The van der Waals surface area contributed by atoms with Crippen molar-refractivity contribution in [1.82, 2.24) is 4.90 Å². The number of nitrogens with zero attached hydrogens (tertiary/aromatic N) is 1. The average Bonchev–Trinajstić information content (AvgIpc) is 2.23. The van der Waals surface area contributed by atoms with E-state index in [2.05, 4.69) is 41.3 Å². The fraction of sp³-hybridized carbons (Fsp3) is 0.308. The summed E-state index contributed by atoms with van der Waals surface area (Å²) in [5.41, 5.74) is 2.41. The minimum Gasteiger partial charge on any atom is -0.295 e. The van der Waals surface area contributed by atoms with Crippen LogP contribution in [0.1, 0.15) is 12.0 Å². The SMILES string of the molecule is [CH]C1=CCN(Cc2ccccc2)CC1. The lowest BCUT2D eigenvalue weighted by Gasteiger charge is -2.24. The molecule has 0 aromatic heterocycles. The number of hydrogen-bond acceptors (Lipinski definition) is 1. The predicted molar refractivity (Wildman–Crippen MR) is 58.7 cm³/mol. The van der Waals surface area contributed by atoms with Crippen molar-refractivity contribution >= 4 is 0 Å². The van der Waals surface area contributed by atoms with Crippen LogP contribution in [-0.2, 0) is 6.54 Å². The maximum absolute atomic E-state index is 5.72. The predicted octanol–water partition coefficient (Wildman–Crippen LogP) is 2.53. The Morgan fingerprint density at radius 3 is 2.64 bits per heavy atom. The summed E-state index contributed by atoms with van der Waals surface area (Å²) in [7, 11) is 0. The highest BCUT2D eigenvalue weighted by molar-refractivity contribution is 5.16. The van der Waals surface area contributed by atoms with Crippen molar-refractivity contribution in [3.8, 4) is 0 Å². The van der Waals surface area contributed by atoms with Gasteiger partial charge in [0, 0.05) is 19.6 Å². The molecular formula is C13H15N. The monoisotopic (exact) mass is 185 g/mol.